The number of fused-ring (bicyclic) bond motifs is 1. The highest BCUT2D eigenvalue weighted by Gasteiger charge is 2.43. The molecule has 1 aliphatic heterocycles. The standard InChI is InChI=1S/C21H23N3O4/c1-4-27-20(26)24-16-8-6-5-7-15(16)23-18-14-11-13(12-22)9-10-17(14)28-21(2,3)19(18)25/h5-11,18-19,23,25H,4H2,1-3H3,(H,24,26)/t18-,19+/m1/s1. The van der Waals surface area contributed by atoms with Crippen LogP contribution >= 0.6 is 0 Å². The van der Waals surface area contributed by atoms with Crippen molar-refractivity contribution in [3.8, 4) is 11.8 Å². The second-order valence-electron chi connectivity index (χ2n) is 7.03. The zero-order valence-corrected chi connectivity index (χ0v) is 16.0. The highest BCUT2D eigenvalue weighted by atomic mass is 16.5. The number of amides is 1. The predicted octanol–water partition coefficient (Wildman–Crippen LogP) is 3.81. The van der Waals surface area contributed by atoms with Crippen LogP contribution in [0.5, 0.6) is 5.75 Å². The Hall–Kier alpha value is -3.24. The lowest BCUT2D eigenvalue weighted by molar-refractivity contribution is -0.0532. The van der Waals surface area contributed by atoms with Crippen LogP contribution in [0.15, 0.2) is 42.5 Å². The molecule has 0 saturated carbocycles. The molecule has 0 aromatic heterocycles. The zero-order valence-electron chi connectivity index (χ0n) is 16.0. The summed E-state index contributed by atoms with van der Waals surface area (Å²) >= 11 is 0. The van der Waals surface area contributed by atoms with E-state index in [0.717, 1.165) is 0 Å². The van der Waals surface area contributed by atoms with Crippen molar-refractivity contribution in [3.05, 3.63) is 53.6 Å². The van der Waals surface area contributed by atoms with Crippen LogP contribution in [0.4, 0.5) is 16.2 Å². The Morgan fingerprint density at radius 3 is 2.68 bits per heavy atom. The normalized spacial score (nSPS) is 19.5. The van der Waals surface area contributed by atoms with E-state index in [-0.39, 0.29) is 6.61 Å². The molecule has 1 aliphatic rings. The molecule has 7 heteroatoms. The molecule has 146 valence electrons. The molecular weight excluding hydrogens is 358 g/mol. The van der Waals surface area contributed by atoms with Gasteiger partial charge in [0.2, 0.25) is 0 Å². The second kappa shape index (κ2) is 7.79. The first-order chi connectivity index (χ1) is 13.4. The maximum Gasteiger partial charge on any atom is 0.411 e. The molecule has 2 atom stereocenters. The average molecular weight is 381 g/mol. The van der Waals surface area contributed by atoms with Crippen molar-refractivity contribution in [1.82, 2.24) is 0 Å². The van der Waals surface area contributed by atoms with Crippen molar-refractivity contribution in [2.45, 2.75) is 38.5 Å². The van der Waals surface area contributed by atoms with E-state index in [0.29, 0.717) is 28.3 Å². The van der Waals surface area contributed by atoms with Crippen molar-refractivity contribution in [1.29, 1.82) is 5.26 Å². The van der Waals surface area contributed by atoms with Crippen molar-refractivity contribution in [3.63, 3.8) is 0 Å². The quantitative estimate of drug-likeness (QED) is 0.744. The first-order valence-corrected chi connectivity index (χ1v) is 9.06. The summed E-state index contributed by atoms with van der Waals surface area (Å²) in [5.74, 6) is 0.600. The van der Waals surface area contributed by atoms with E-state index >= 15 is 0 Å². The fourth-order valence-electron chi connectivity index (χ4n) is 3.19. The van der Waals surface area contributed by atoms with Gasteiger partial charge in [0.05, 0.1) is 35.7 Å². The van der Waals surface area contributed by atoms with Gasteiger partial charge in [-0.05, 0) is 51.1 Å². The van der Waals surface area contributed by atoms with Gasteiger partial charge in [-0.3, -0.25) is 5.32 Å². The van der Waals surface area contributed by atoms with Gasteiger partial charge >= 0.3 is 6.09 Å². The van der Waals surface area contributed by atoms with Gasteiger partial charge in [-0.25, -0.2) is 4.79 Å². The molecule has 1 amide bonds. The molecule has 0 bridgehead atoms. The number of nitrogens with zero attached hydrogens (tertiary/aromatic N) is 1. The van der Waals surface area contributed by atoms with Crippen molar-refractivity contribution in [2.75, 3.05) is 17.2 Å². The summed E-state index contributed by atoms with van der Waals surface area (Å²) in [5, 5.41) is 26.2. The summed E-state index contributed by atoms with van der Waals surface area (Å²) in [6.45, 7) is 5.60. The van der Waals surface area contributed by atoms with E-state index in [1.165, 1.54) is 0 Å². The summed E-state index contributed by atoms with van der Waals surface area (Å²) in [7, 11) is 0. The van der Waals surface area contributed by atoms with Crippen LogP contribution in [-0.4, -0.2) is 29.5 Å². The Morgan fingerprint density at radius 1 is 1.29 bits per heavy atom. The van der Waals surface area contributed by atoms with Crippen LogP contribution in [0.1, 0.15) is 37.9 Å². The molecule has 3 rings (SSSR count). The Kier molecular flexibility index (Phi) is 5.43. The zero-order chi connectivity index (χ0) is 20.3. The number of hydrogen-bond acceptors (Lipinski definition) is 6. The molecule has 0 spiro atoms. The van der Waals surface area contributed by atoms with E-state index in [1.807, 2.05) is 6.07 Å². The fraction of sp³-hybridized carbons (Fsp3) is 0.333. The van der Waals surface area contributed by atoms with E-state index in [2.05, 4.69) is 16.7 Å². The molecule has 0 aliphatic carbocycles. The van der Waals surface area contributed by atoms with Crippen LogP contribution in [0.2, 0.25) is 0 Å². The third kappa shape index (κ3) is 3.87. The maximum atomic E-state index is 11.8. The number of para-hydroxylation sites is 2. The van der Waals surface area contributed by atoms with Gasteiger partial charge in [0, 0.05) is 5.56 Å². The molecule has 28 heavy (non-hydrogen) atoms. The third-order valence-electron chi connectivity index (χ3n) is 4.63. The summed E-state index contributed by atoms with van der Waals surface area (Å²) in [5.41, 5.74) is 1.44. The second-order valence-corrected chi connectivity index (χ2v) is 7.03. The molecule has 7 nitrogen and oxygen atoms in total. The minimum Gasteiger partial charge on any atom is -0.485 e. The molecule has 0 unspecified atom stereocenters. The maximum absolute atomic E-state index is 11.8. The van der Waals surface area contributed by atoms with Gasteiger partial charge < -0.3 is 19.9 Å². The lowest BCUT2D eigenvalue weighted by Crippen LogP contribution is -2.50. The molecule has 1 heterocycles. The highest BCUT2D eigenvalue weighted by molar-refractivity contribution is 5.89. The number of aliphatic hydroxyl groups excluding tert-OH is 1. The number of nitrogens with one attached hydrogen (secondary N) is 2. The Bertz CT molecular complexity index is 920. The summed E-state index contributed by atoms with van der Waals surface area (Å²) in [6.07, 6.45) is -1.46. The van der Waals surface area contributed by atoms with Crippen LogP contribution < -0.4 is 15.4 Å². The molecule has 0 radical (unpaired) electrons. The van der Waals surface area contributed by atoms with E-state index in [1.54, 1.807) is 57.2 Å². The fourth-order valence-corrected chi connectivity index (χ4v) is 3.19. The average Bonchev–Trinajstić information content (AvgIpc) is 2.66. The van der Waals surface area contributed by atoms with Crippen molar-refractivity contribution >= 4 is 17.5 Å². The van der Waals surface area contributed by atoms with Crippen LogP contribution in [-0.2, 0) is 4.74 Å². The number of carbonyl (C=O) groups is 1. The van der Waals surface area contributed by atoms with E-state index < -0.39 is 23.8 Å². The SMILES string of the molecule is CCOC(=O)Nc1ccccc1N[C@@H]1c2cc(C#N)ccc2OC(C)(C)[C@H]1O. The van der Waals surface area contributed by atoms with Gasteiger partial charge in [0.15, 0.2) is 0 Å². The molecule has 3 N–H and O–H groups in total. The highest BCUT2D eigenvalue weighted by Crippen LogP contribution is 2.42. The minimum absolute atomic E-state index is 0.263. The van der Waals surface area contributed by atoms with Crippen molar-refractivity contribution in [2.24, 2.45) is 0 Å². The lowest BCUT2D eigenvalue weighted by atomic mass is 9.85. The van der Waals surface area contributed by atoms with Gasteiger partial charge in [0.25, 0.3) is 0 Å². The summed E-state index contributed by atoms with van der Waals surface area (Å²) < 4.78 is 10.9. The van der Waals surface area contributed by atoms with E-state index in [9.17, 15) is 15.2 Å². The number of carbonyl (C=O) groups excluding carboxylic acids is 1. The summed E-state index contributed by atoms with van der Waals surface area (Å²) in [6, 6.07) is 13.8. The van der Waals surface area contributed by atoms with Crippen molar-refractivity contribution < 1.29 is 19.4 Å². The Balaban J connectivity index is 1.98. The van der Waals surface area contributed by atoms with Gasteiger partial charge in [-0.15, -0.1) is 0 Å². The van der Waals surface area contributed by atoms with Crippen LogP contribution in [0.25, 0.3) is 0 Å². The number of anilines is 2. The topological polar surface area (TPSA) is 104 Å². The summed E-state index contributed by atoms with van der Waals surface area (Å²) in [4.78, 5) is 11.8. The number of hydrogen-bond donors (Lipinski definition) is 3. The van der Waals surface area contributed by atoms with Gasteiger partial charge in [-0.2, -0.15) is 5.26 Å². The monoisotopic (exact) mass is 381 g/mol. The number of rotatable bonds is 4. The molecule has 0 saturated heterocycles. The predicted molar refractivity (Wildman–Crippen MR) is 105 cm³/mol. The Morgan fingerprint density at radius 2 is 2.00 bits per heavy atom. The first-order valence-electron chi connectivity index (χ1n) is 9.06. The largest absolute Gasteiger partial charge is 0.485 e. The molecule has 2 aromatic carbocycles. The minimum atomic E-state index is -0.899. The van der Waals surface area contributed by atoms with Gasteiger partial charge in [-0.1, -0.05) is 12.1 Å². The van der Waals surface area contributed by atoms with E-state index in [4.69, 9.17) is 9.47 Å². The lowest BCUT2D eigenvalue weighted by Gasteiger charge is -2.42. The molecule has 0 fully saturated rings. The van der Waals surface area contributed by atoms with Gasteiger partial charge in [0.1, 0.15) is 17.5 Å². The molecule has 2 aromatic rings. The van der Waals surface area contributed by atoms with Crippen LogP contribution in [0, 0.1) is 11.3 Å². The first kappa shape index (κ1) is 19.5. The number of benzene rings is 2. The third-order valence-corrected chi connectivity index (χ3v) is 4.63. The Labute approximate surface area is 163 Å². The number of nitriles is 1. The van der Waals surface area contributed by atoms with Crippen LogP contribution in [0.3, 0.4) is 0 Å². The smallest absolute Gasteiger partial charge is 0.411 e. The number of aliphatic hydroxyl groups is 1. The number of ether oxygens (including phenoxy) is 2. The molecular formula is C21H23N3O4.